The molecule has 0 spiro atoms. The van der Waals surface area contributed by atoms with Crippen LogP contribution in [0.25, 0.3) is 0 Å². The molecule has 0 saturated carbocycles. The Hall–Kier alpha value is -1.35. The molecule has 1 aliphatic carbocycles. The number of benzene rings is 1. The molecule has 19 heavy (non-hydrogen) atoms. The smallest absolute Gasteiger partial charge is 0.229 e. The number of carbonyl (C=O) groups is 1. The summed E-state index contributed by atoms with van der Waals surface area (Å²) in [6, 6.07) is 6.28. The van der Waals surface area contributed by atoms with Gasteiger partial charge in [0.25, 0.3) is 0 Å². The van der Waals surface area contributed by atoms with Gasteiger partial charge in [-0.3, -0.25) is 4.79 Å². The average Bonchev–Trinajstić information content (AvgIpc) is 2.39. The Morgan fingerprint density at radius 3 is 2.58 bits per heavy atom. The zero-order valence-corrected chi connectivity index (χ0v) is 11.9. The number of aryl methyl sites for hydroxylation is 2. The van der Waals surface area contributed by atoms with Crippen LogP contribution in [0, 0.1) is 11.8 Å². The third-order valence-electron chi connectivity index (χ3n) is 4.01. The monoisotopic (exact) mass is 260 g/mol. The van der Waals surface area contributed by atoms with E-state index < -0.39 is 0 Å². The lowest BCUT2D eigenvalue weighted by molar-refractivity contribution is -0.120. The standard InChI is InChI=1S/C16H24N2O/c1-11(2)15(10-17)16(19)18-14-8-7-12-5-3-4-6-13(12)9-14/h7-9,11,15H,3-6,10,17H2,1-2H3,(H,18,19). The number of hydrogen-bond acceptors (Lipinski definition) is 2. The highest BCUT2D eigenvalue weighted by molar-refractivity contribution is 5.93. The van der Waals surface area contributed by atoms with Gasteiger partial charge in [0, 0.05) is 12.2 Å². The fourth-order valence-electron chi connectivity index (χ4n) is 2.73. The largest absolute Gasteiger partial charge is 0.330 e. The van der Waals surface area contributed by atoms with Crippen LogP contribution in [-0.4, -0.2) is 12.5 Å². The van der Waals surface area contributed by atoms with Crippen molar-refractivity contribution in [2.24, 2.45) is 17.6 Å². The fraction of sp³-hybridized carbons (Fsp3) is 0.562. The number of nitrogens with one attached hydrogen (secondary N) is 1. The van der Waals surface area contributed by atoms with Crippen LogP contribution in [0.3, 0.4) is 0 Å². The van der Waals surface area contributed by atoms with E-state index in [4.69, 9.17) is 5.73 Å². The van der Waals surface area contributed by atoms with Crippen molar-refractivity contribution in [1.29, 1.82) is 0 Å². The Balaban J connectivity index is 2.08. The number of nitrogens with two attached hydrogens (primary N) is 1. The summed E-state index contributed by atoms with van der Waals surface area (Å²) < 4.78 is 0. The molecule has 0 radical (unpaired) electrons. The van der Waals surface area contributed by atoms with Crippen LogP contribution in [0.4, 0.5) is 5.69 Å². The van der Waals surface area contributed by atoms with E-state index >= 15 is 0 Å². The Morgan fingerprint density at radius 2 is 1.95 bits per heavy atom. The zero-order chi connectivity index (χ0) is 13.8. The highest BCUT2D eigenvalue weighted by Gasteiger charge is 2.20. The van der Waals surface area contributed by atoms with Crippen LogP contribution in [0.1, 0.15) is 37.8 Å². The summed E-state index contributed by atoms with van der Waals surface area (Å²) in [6.07, 6.45) is 4.83. The van der Waals surface area contributed by atoms with Crippen molar-refractivity contribution in [2.75, 3.05) is 11.9 Å². The fourth-order valence-corrected chi connectivity index (χ4v) is 2.73. The SMILES string of the molecule is CC(C)C(CN)C(=O)Nc1ccc2c(c1)CCCC2. The normalized spacial score (nSPS) is 16.0. The first kappa shape index (κ1) is 14.1. The molecule has 0 heterocycles. The molecule has 1 aromatic rings. The lowest BCUT2D eigenvalue weighted by Gasteiger charge is -2.20. The van der Waals surface area contributed by atoms with Crippen molar-refractivity contribution >= 4 is 11.6 Å². The molecule has 3 N–H and O–H groups in total. The van der Waals surface area contributed by atoms with Gasteiger partial charge in [-0.25, -0.2) is 0 Å². The predicted molar refractivity (Wildman–Crippen MR) is 79.1 cm³/mol. The molecule has 3 nitrogen and oxygen atoms in total. The summed E-state index contributed by atoms with van der Waals surface area (Å²) in [4.78, 5) is 12.2. The maximum Gasteiger partial charge on any atom is 0.229 e. The molecule has 0 fully saturated rings. The summed E-state index contributed by atoms with van der Waals surface area (Å²) in [7, 11) is 0. The molecule has 0 aliphatic heterocycles. The van der Waals surface area contributed by atoms with Crippen LogP contribution in [0.15, 0.2) is 18.2 Å². The molecule has 1 unspecified atom stereocenters. The van der Waals surface area contributed by atoms with E-state index in [-0.39, 0.29) is 17.7 Å². The van der Waals surface area contributed by atoms with Crippen LogP contribution in [0.5, 0.6) is 0 Å². The van der Waals surface area contributed by atoms with Crippen LogP contribution >= 0.6 is 0 Å². The van der Waals surface area contributed by atoms with E-state index in [0.717, 1.165) is 12.1 Å². The number of rotatable bonds is 4. The Kier molecular flexibility index (Phi) is 4.59. The molecule has 1 aliphatic rings. The Labute approximate surface area is 115 Å². The minimum absolute atomic E-state index is 0.0354. The summed E-state index contributed by atoms with van der Waals surface area (Å²) in [5.74, 6) is 0.187. The van der Waals surface area contributed by atoms with Gasteiger partial charge in [0.1, 0.15) is 0 Å². The maximum absolute atomic E-state index is 12.2. The first-order valence-corrected chi connectivity index (χ1v) is 7.24. The van der Waals surface area contributed by atoms with Gasteiger partial charge in [-0.05, 0) is 54.9 Å². The van der Waals surface area contributed by atoms with Crippen LogP contribution < -0.4 is 11.1 Å². The third-order valence-corrected chi connectivity index (χ3v) is 4.01. The molecule has 2 rings (SSSR count). The van der Waals surface area contributed by atoms with E-state index in [9.17, 15) is 4.79 Å². The number of carbonyl (C=O) groups excluding carboxylic acids is 1. The lowest BCUT2D eigenvalue weighted by atomic mass is 9.91. The molecule has 0 bridgehead atoms. The summed E-state index contributed by atoms with van der Waals surface area (Å²) in [5.41, 5.74) is 9.41. The predicted octanol–water partition coefficient (Wildman–Crippen LogP) is 2.73. The second kappa shape index (κ2) is 6.20. The van der Waals surface area contributed by atoms with Crippen molar-refractivity contribution in [3.05, 3.63) is 29.3 Å². The van der Waals surface area contributed by atoms with Gasteiger partial charge in [-0.2, -0.15) is 0 Å². The highest BCUT2D eigenvalue weighted by Crippen LogP contribution is 2.24. The van der Waals surface area contributed by atoms with Gasteiger partial charge in [0.05, 0.1) is 5.92 Å². The molecule has 1 atom stereocenters. The average molecular weight is 260 g/mol. The van der Waals surface area contributed by atoms with Gasteiger partial charge >= 0.3 is 0 Å². The quantitative estimate of drug-likeness (QED) is 0.874. The molecule has 104 valence electrons. The summed E-state index contributed by atoms with van der Waals surface area (Å²) in [6.45, 7) is 4.46. The molecule has 1 aromatic carbocycles. The second-order valence-corrected chi connectivity index (χ2v) is 5.77. The van der Waals surface area contributed by atoms with Crippen molar-refractivity contribution < 1.29 is 4.79 Å². The number of hydrogen-bond donors (Lipinski definition) is 2. The highest BCUT2D eigenvalue weighted by atomic mass is 16.1. The number of amides is 1. The number of anilines is 1. The first-order chi connectivity index (χ1) is 9.11. The topological polar surface area (TPSA) is 55.1 Å². The van der Waals surface area contributed by atoms with E-state index in [0.29, 0.717) is 6.54 Å². The van der Waals surface area contributed by atoms with Crippen LogP contribution in [-0.2, 0) is 17.6 Å². The molecular formula is C16H24N2O. The van der Waals surface area contributed by atoms with E-state index in [1.54, 1.807) is 0 Å². The maximum atomic E-state index is 12.2. The van der Waals surface area contributed by atoms with E-state index in [1.165, 1.54) is 30.4 Å². The third kappa shape index (κ3) is 3.35. The summed E-state index contributed by atoms with van der Waals surface area (Å²) >= 11 is 0. The van der Waals surface area contributed by atoms with Gasteiger partial charge in [-0.1, -0.05) is 19.9 Å². The van der Waals surface area contributed by atoms with Crippen molar-refractivity contribution in [3.8, 4) is 0 Å². The molecule has 0 saturated heterocycles. The first-order valence-electron chi connectivity index (χ1n) is 7.24. The van der Waals surface area contributed by atoms with E-state index in [1.807, 2.05) is 19.9 Å². The van der Waals surface area contributed by atoms with Gasteiger partial charge < -0.3 is 11.1 Å². The minimum Gasteiger partial charge on any atom is -0.330 e. The van der Waals surface area contributed by atoms with Gasteiger partial charge in [-0.15, -0.1) is 0 Å². The Morgan fingerprint density at radius 1 is 1.26 bits per heavy atom. The molecule has 1 amide bonds. The van der Waals surface area contributed by atoms with Crippen LogP contribution in [0.2, 0.25) is 0 Å². The molecule has 0 aromatic heterocycles. The second-order valence-electron chi connectivity index (χ2n) is 5.77. The zero-order valence-electron chi connectivity index (χ0n) is 11.9. The van der Waals surface area contributed by atoms with Gasteiger partial charge in [0.2, 0.25) is 5.91 Å². The lowest BCUT2D eigenvalue weighted by Crippen LogP contribution is -2.33. The van der Waals surface area contributed by atoms with Gasteiger partial charge in [0.15, 0.2) is 0 Å². The molecular weight excluding hydrogens is 236 g/mol. The van der Waals surface area contributed by atoms with E-state index in [2.05, 4.69) is 17.4 Å². The van der Waals surface area contributed by atoms with Crippen molar-refractivity contribution in [3.63, 3.8) is 0 Å². The Bertz CT molecular complexity index is 454. The minimum atomic E-state index is -0.115. The van der Waals surface area contributed by atoms with Crippen molar-refractivity contribution in [2.45, 2.75) is 39.5 Å². The number of fused-ring (bicyclic) bond motifs is 1. The van der Waals surface area contributed by atoms with Crippen molar-refractivity contribution in [1.82, 2.24) is 0 Å². The summed E-state index contributed by atoms with van der Waals surface area (Å²) in [5, 5.41) is 3.01. The molecule has 3 heteroatoms.